The number of nitrogens with one attached hydrogen (secondary N) is 4. The maximum absolute atomic E-state index is 13.2. The highest BCUT2D eigenvalue weighted by molar-refractivity contribution is 7.89. The van der Waals surface area contributed by atoms with E-state index in [4.69, 9.17) is 4.74 Å². The molecule has 4 aromatic rings. The van der Waals surface area contributed by atoms with Crippen molar-refractivity contribution in [3.05, 3.63) is 84.6 Å². The molecule has 0 saturated heterocycles. The summed E-state index contributed by atoms with van der Waals surface area (Å²) in [6, 6.07) is 21.5. The highest BCUT2D eigenvalue weighted by atomic mass is 32.2. The first kappa shape index (κ1) is 28.1. The second kappa shape index (κ2) is 11.6. The second-order valence-electron chi connectivity index (χ2n) is 10.2. The molecule has 0 fully saturated rings. The van der Waals surface area contributed by atoms with Gasteiger partial charge in [0, 0.05) is 36.2 Å². The quantitative estimate of drug-likeness (QED) is 0.265. The fraction of sp³-hybridized carbons (Fsp3) is 0.233. The molecule has 1 aliphatic heterocycles. The Labute approximate surface area is 239 Å². The first-order valence-corrected chi connectivity index (χ1v) is 14.7. The van der Waals surface area contributed by atoms with Gasteiger partial charge in [0.2, 0.25) is 21.9 Å². The maximum atomic E-state index is 13.2. The van der Waals surface area contributed by atoms with Gasteiger partial charge in [-0.1, -0.05) is 30.3 Å². The van der Waals surface area contributed by atoms with E-state index in [0.717, 1.165) is 22.4 Å². The molecule has 0 radical (unpaired) electrons. The molecule has 4 bridgehead atoms. The number of rotatable bonds is 5. The molecule has 41 heavy (non-hydrogen) atoms. The number of aromatic nitrogens is 2. The van der Waals surface area contributed by atoms with E-state index in [1.807, 2.05) is 62.4 Å². The molecule has 0 spiro atoms. The van der Waals surface area contributed by atoms with Crippen molar-refractivity contribution in [2.45, 2.75) is 30.6 Å². The second-order valence-corrected chi connectivity index (χ2v) is 11.9. The molecule has 0 atom stereocenters. The number of benzene rings is 3. The van der Waals surface area contributed by atoms with Crippen molar-refractivity contribution in [1.29, 1.82) is 0 Å². The van der Waals surface area contributed by atoms with Crippen molar-refractivity contribution in [2.75, 3.05) is 36.1 Å². The minimum Gasteiger partial charge on any atom is -0.497 e. The number of carbonyl (C=O) groups excluding carboxylic acids is 1. The standard InChI is InChI=1S/C30H32N6O4S/c1-30(2,21-10-14-24(40-3)15-11-21)28(37)34-22-12-8-20(9-13-22)26-19-32-29-35-23-6-4-7-25(18-23)41(38,39)33-17-5-16-31-27(26)36-29/h4,6-15,18-19,33H,5,16-17H2,1-3H3,(H,34,37)(H2,31,32,35,36). The van der Waals surface area contributed by atoms with Crippen molar-refractivity contribution in [1.82, 2.24) is 14.7 Å². The maximum Gasteiger partial charge on any atom is 0.240 e. The average molecular weight is 573 g/mol. The smallest absolute Gasteiger partial charge is 0.240 e. The van der Waals surface area contributed by atoms with Crippen LogP contribution in [0.2, 0.25) is 0 Å². The summed E-state index contributed by atoms with van der Waals surface area (Å²) in [5.41, 5.74) is 2.98. The van der Waals surface area contributed by atoms with Gasteiger partial charge in [0.25, 0.3) is 0 Å². The molecular formula is C30H32N6O4S. The Hall–Kier alpha value is -4.48. The number of hydrogen-bond acceptors (Lipinski definition) is 8. The summed E-state index contributed by atoms with van der Waals surface area (Å²) < 4.78 is 33.1. The van der Waals surface area contributed by atoms with Gasteiger partial charge in [-0.05, 0) is 73.9 Å². The lowest BCUT2D eigenvalue weighted by Gasteiger charge is -2.24. The number of anilines is 4. The third-order valence-electron chi connectivity index (χ3n) is 6.96. The highest BCUT2D eigenvalue weighted by Gasteiger charge is 2.30. The fourth-order valence-corrected chi connectivity index (χ4v) is 5.52. The lowest BCUT2D eigenvalue weighted by molar-refractivity contribution is -0.120. The van der Waals surface area contributed by atoms with E-state index >= 15 is 0 Å². The Kier molecular flexibility index (Phi) is 7.91. The molecule has 0 saturated carbocycles. The number of methoxy groups -OCH3 is 1. The first-order valence-electron chi connectivity index (χ1n) is 13.2. The van der Waals surface area contributed by atoms with Crippen LogP contribution in [0.4, 0.5) is 23.1 Å². The summed E-state index contributed by atoms with van der Waals surface area (Å²) in [6.07, 6.45) is 2.27. The molecule has 11 heteroatoms. The summed E-state index contributed by atoms with van der Waals surface area (Å²) in [5.74, 6) is 1.55. The Morgan fingerprint density at radius 2 is 1.76 bits per heavy atom. The van der Waals surface area contributed by atoms with E-state index < -0.39 is 15.4 Å². The van der Waals surface area contributed by atoms with E-state index in [9.17, 15) is 13.2 Å². The lowest BCUT2D eigenvalue weighted by atomic mass is 9.83. The Bertz CT molecular complexity index is 1660. The Morgan fingerprint density at radius 1 is 1.00 bits per heavy atom. The number of fused-ring (bicyclic) bond motifs is 4. The van der Waals surface area contributed by atoms with Crippen LogP contribution < -0.4 is 25.4 Å². The summed E-state index contributed by atoms with van der Waals surface area (Å²) in [5, 5.41) is 9.42. The molecule has 1 aromatic heterocycles. The number of hydrogen-bond donors (Lipinski definition) is 4. The van der Waals surface area contributed by atoms with Gasteiger partial charge in [-0.15, -0.1) is 0 Å². The van der Waals surface area contributed by atoms with Crippen LogP contribution >= 0.6 is 0 Å². The van der Waals surface area contributed by atoms with E-state index in [-0.39, 0.29) is 17.3 Å². The van der Waals surface area contributed by atoms with Gasteiger partial charge in [0.05, 0.1) is 17.4 Å². The molecule has 3 aromatic carbocycles. The summed E-state index contributed by atoms with van der Waals surface area (Å²) in [6.45, 7) is 4.54. The average Bonchev–Trinajstić information content (AvgIpc) is 2.98. The minimum atomic E-state index is -3.62. The topological polar surface area (TPSA) is 134 Å². The van der Waals surface area contributed by atoms with E-state index in [1.165, 1.54) is 0 Å². The van der Waals surface area contributed by atoms with Crippen molar-refractivity contribution in [2.24, 2.45) is 0 Å². The molecule has 1 amide bonds. The normalized spacial score (nSPS) is 14.7. The zero-order chi connectivity index (χ0) is 29.0. The third-order valence-corrected chi connectivity index (χ3v) is 8.42. The molecule has 5 rings (SSSR count). The van der Waals surface area contributed by atoms with Gasteiger partial charge in [-0.25, -0.2) is 18.1 Å². The summed E-state index contributed by atoms with van der Waals surface area (Å²) in [7, 11) is -2.01. The van der Waals surface area contributed by atoms with Crippen LogP contribution in [0.3, 0.4) is 0 Å². The molecule has 0 unspecified atom stereocenters. The van der Waals surface area contributed by atoms with Crippen molar-refractivity contribution in [3.8, 4) is 16.9 Å². The third kappa shape index (κ3) is 6.31. The van der Waals surface area contributed by atoms with Crippen LogP contribution in [0.1, 0.15) is 25.8 Å². The van der Waals surface area contributed by atoms with Gasteiger partial charge in [-0.3, -0.25) is 4.79 Å². The largest absolute Gasteiger partial charge is 0.497 e. The van der Waals surface area contributed by atoms with Gasteiger partial charge >= 0.3 is 0 Å². The van der Waals surface area contributed by atoms with E-state index in [2.05, 4.69) is 30.6 Å². The number of amides is 1. The Balaban J connectivity index is 1.36. The molecule has 0 aliphatic carbocycles. The monoisotopic (exact) mass is 572 g/mol. The number of nitrogens with zero attached hydrogens (tertiary/aromatic N) is 2. The van der Waals surface area contributed by atoms with Gasteiger partial charge in [0.15, 0.2) is 0 Å². The van der Waals surface area contributed by atoms with Crippen molar-refractivity contribution < 1.29 is 17.9 Å². The number of carbonyl (C=O) groups is 1. The molecule has 10 nitrogen and oxygen atoms in total. The lowest BCUT2D eigenvalue weighted by Crippen LogP contribution is -2.34. The molecule has 4 N–H and O–H groups in total. The van der Waals surface area contributed by atoms with Crippen LogP contribution in [0.25, 0.3) is 11.1 Å². The molecule has 1 aliphatic rings. The number of sulfonamides is 1. The van der Waals surface area contributed by atoms with Gasteiger partial charge < -0.3 is 20.7 Å². The molecular weight excluding hydrogens is 540 g/mol. The fourth-order valence-electron chi connectivity index (χ4n) is 4.40. The van der Waals surface area contributed by atoms with Crippen LogP contribution in [-0.2, 0) is 20.2 Å². The van der Waals surface area contributed by atoms with Gasteiger partial charge in [-0.2, -0.15) is 4.98 Å². The van der Waals surface area contributed by atoms with Crippen LogP contribution in [0, 0.1) is 0 Å². The zero-order valence-electron chi connectivity index (χ0n) is 23.1. The van der Waals surface area contributed by atoms with Crippen LogP contribution in [0.15, 0.2) is 83.9 Å². The minimum absolute atomic E-state index is 0.131. The van der Waals surface area contributed by atoms with Crippen LogP contribution in [-0.4, -0.2) is 44.5 Å². The van der Waals surface area contributed by atoms with Gasteiger partial charge in [0.1, 0.15) is 11.6 Å². The summed E-state index contributed by atoms with van der Waals surface area (Å²) in [4.78, 5) is 22.5. The number of ether oxygens (including phenoxy) is 1. The van der Waals surface area contributed by atoms with Crippen molar-refractivity contribution in [3.63, 3.8) is 0 Å². The van der Waals surface area contributed by atoms with Crippen molar-refractivity contribution >= 4 is 39.1 Å². The predicted molar refractivity (Wildman–Crippen MR) is 160 cm³/mol. The molecule has 2 heterocycles. The zero-order valence-corrected chi connectivity index (χ0v) is 23.9. The highest BCUT2D eigenvalue weighted by Crippen LogP contribution is 2.31. The first-order chi connectivity index (χ1) is 19.7. The SMILES string of the molecule is COc1ccc(C(C)(C)C(=O)Nc2ccc(-c3cnc4nc3NCCCNS(=O)(=O)c3cccc(c3)N4)cc2)cc1. The summed E-state index contributed by atoms with van der Waals surface area (Å²) >= 11 is 0. The predicted octanol–water partition coefficient (Wildman–Crippen LogP) is 4.91. The van der Waals surface area contributed by atoms with E-state index in [0.29, 0.717) is 36.1 Å². The van der Waals surface area contributed by atoms with E-state index in [1.54, 1.807) is 37.6 Å². The Morgan fingerprint density at radius 3 is 2.49 bits per heavy atom. The molecule has 212 valence electrons. The van der Waals surface area contributed by atoms with Crippen LogP contribution in [0.5, 0.6) is 5.75 Å².